The number of aryl methyl sites for hydroxylation is 1. The molecule has 1 aromatic carbocycles. The minimum absolute atomic E-state index is 0.0938. The molecule has 0 unspecified atom stereocenters. The van der Waals surface area contributed by atoms with Gasteiger partial charge in [-0.1, -0.05) is 17.7 Å². The van der Waals surface area contributed by atoms with E-state index in [1.54, 1.807) is 17.0 Å². The van der Waals surface area contributed by atoms with E-state index in [2.05, 4.69) is 16.7 Å². The molecule has 3 amide bonds. The number of hydrogen-bond donors (Lipinski definition) is 2. The first-order chi connectivity index (χ1) is 13.0. The molecule has 0 aromatic heterocycles. The van der Waals surface area contributed by atoms with E-state index < -0.39 is 11.8 Å². The second-order valence-electron chi connectivity index (χ2n) is 7.22. The zero-order valence-corrected chi connectivity index (χ0v) is 15.8. The van der Waals surface area contributed by atoms with Crippen LogP contribution in [0.3, 0.4) is 0 Å². The summed E-state index contributed by atoms with van der Waals surface area (Å²) >= 11 is 0. The van der Waals surface area contributed by atoms with E-state index in [0.29, 0.717) is 25.2 Å². The van der Waals surface area contributed by atoms with Gasteiger partial charge in [0, 0.05) is 30.9 Å². The van der Waals surface area contributed by atoms with Crippen LogP contribution in [0.1, 0.15) is 50.5 Å². The van der Waals surface area contributed by atoms with Gasteiger partial charge in [0.2, 0.25) is 5.91 Å². The first-order valence-corrected chi connectivity index (χ1v) is 9.72. The largest absolute Gasteiger partial charge is 0.348 e. The van der Waals surface area contributed by atoms with E-state index in [4.69, 9.17) is 0 Å². The van der Waals surface area contributed by atoms with Crippen molar-refractivity contribution in [2.45, 2.75) is 51.9 Å². The molecule has 3 rings (SSSR count). The molecule has 2 aliphatic rings. The molecule has 0 radical (unpaired) electrons. The number of allylic oxidation sites excluding steroid dienone is 1. The average Bonchev–Trinajstić information content (AvgIpc) is 3.09. The topological polar surface area (TPSA) is 78.5 Å². The highest BCUT2D eigenvalue weighted by Crippen LogP contribution is 2.28. The van der Waals surface area contributed by atoms with E-state index in [-0.39, 0.29) is 5.91 Å². The fourth-order valence-corrected chi connectivity index (χ4v) is 3.62. The molecular weight excluding hydrogens is 342 g/mol. The lowest BCUT2D eigenvalue weighted by Crippen LogP contribution is -2.36. The van der Waals surface area contributed by atoms with E-state index in [0.717, 1.165) is 36.9 Å². The normalized spacial score (nSPS) is 16.9. The summed E-state index contributed by atoms with van der Waals surface area (Å²) in [5, 5.41) is 5.31. The maximum absolute atomic E-state index is 12.2. The quantitative estimate of drug-likeness (QED) is 0.618. The molecule has 27 heavy (non-hydrogen) atoms. The molecule has 0 bridgehead atoms. The molecule has 0 spiro atoms. The zero-order valence-electron chi connectivity index (χ0n) is 15.8. The minimum Gasteiger partial charge on any atom is -0.348 e. The first kappa shape index (κ1) is 19.1. The maximum Gasteiger partial charge on any atom is 0.313 e. The van der Waals surface area contributed by atoms with Gasteiger partial charge in [-0.2, -0.15) is 0 Å². The Morgan fingerprint density at radius 3 is 2.67 bits per heavy atom. The molecule has 6 nitrogen and oxygen atoms in total. The Labute approximate surface area is 160 Å². The van der Waals surface area contributed by atoms with Gasteiger partial charge in [-0.3, -0.25) is 14.4 Å². The summed E-state index contributed by atoms with van der Waals surface area (Å²) in [6, 6.07) is 5.36. The monoisotopic (exact) mass is 369 g/mol. The van der Waals surface area contributed by atoms with Gasteiger partial charge in [-0.25, -0.2) is 0 Å². The van der Waals surface area contributed by atoms with Crippen molar-refractivity contribution in [3.05, 3.63) is 35.4 Å². The number of amides is 3. The molecule has 0 atom stereocenters. The van der Waals surface area contributed by atoms with Crippen LogP contribution in [0.4, 0.5) is 11.4 Å². The lowest BCUT2D eigenvalue weighted by molar-refractivity contribution is -0.136. The van der Waals surface area contributed by atoms with Gasteiger partial charge in [-0.05, 0) is 63.1 Å². The van der Waals surface area contributed by atoms with Gasteiger partial charge < -0.3 is 15.5 Å². The fraction of sp³-hybridized carbons (Fsp3) is 0.476. The van der Waals surface area contributed by atoms with Crippen LogP contribution >= 0.6 is 0 Å². The molecule has 0 saturated carbocycles. The number of carbonyl (C=O) groups excluding carboxylic acids is 3. The Morgan fingerprint density at radius 1 is 1.11 bits per heavy atom. The Balaban J connectivity index is 1.54. The molecule has 6 heteroatoms. The predicted molar refractivity (Wildman–Crippen MR) is 106 cm³/mol. The summed E-state index contributed by atoms with van der Waals surface area (Å²) in [7, 11) is 0. The summed E-state index contributed by atoms with van der Waals surface area (Å²) in [6.07, 6.45) is 9.06. The SMILES string of the molecule is Cc1ccc(NC(=O)C(=O)NCCC2=CCCCC2)cc1N1CCCC1=O. The number of carbonyl (C=O) groups is 3. The van der Waals surface area contributed by atoms with Crippen molar-refractivity contribution in [2.75, 3.05) is 23.3 Å². The van der Waals surface area contributed by atoms with Crippen molar-refractivity contribution in [1.29, 1.82) is 0 Å². The molecule has 2 N–H and O–H groups in total. The van der Waals surface area contributed by atoms with E-state index in [1.807, 2.05) is 13.0 Å². The van der Waals surface area contributed by atoms with Gasteiger partial charge in [0.15, 0.2) is 0 Å². The van der Waals surface area contributed by atoms with Crippen LogP contribution in [0, 0.1) is 6.92 Å². The van der Waals surface area contributed by atoms with Crippen molar-refractivity contribution < 1.29 is 14.4 Å². The highest BCUT2D eigenvalue weighted by Gasteiger charge is 2.23. The molecule has 144 valence electrons. The van der Waals surface area contributed by atoms with Gasteiger partial charge >= 0.3 is 11.8 Å². The zero-order chi connectivity index (χ0) is 19.2. The number of anilines is 2. The summed E-state index contributed by atoms with van der Waals surface area (Å²) in [5.41, 5.74) is 3.64. The Kier molecular flexibility index (Phi) is 6.27. The van der Waals surface area contributed by atoms with Crippen molar-refractivity contribution in [3.63, 3.8) is 0 Å². The molecule has 1 aromatic rings. The van der Waals surface area contributed by atoms with Crippen LogP contribution in [0.15, 0.2) is 29.8 Å². The average molecular weight is 369 g/mol. The smallest absolute Gasteiger partial charge is 0.313 e. The number of rotatable bonds is 5. The van der Waals surface area contributed by atoms with Gasteiger partial charge in [0.25, 0.3) is 0 Å². The number of hydrogen-bond acceptors (Lipinski definition) is 3. The number of nitrogens with one attached hydrogen (secondary N) is 2. The van der Waals surface area contributed by atoms with Crippen LogP contribution < -0.4 is 15.5 Å². The van der Waals surface area contributed by atoms with Gasteiger partial charge in [0.05, 0.1) is 0 Å². The van der Waals surface area contributed by atoms with Gasteiger partial charge in [0.1, 0.15) is 0 Å². The lowest BCUT2D eigenvalue weighted by Gasteiger charge is -2.19. The number of nitrogens with zero attached hydrogens (tertiary/aromatic N) is 1. The molecule has 1 fully saturated rings. The molecular formula is C21H27N3O3. The van der Waals surface area contributed by atoms with Crippen molar-refractivity contribution >= 4 is 29.1 Å². The van der Waals surface area contributed by atoms with Crippen LogP contribution in [-0.4, -0.2) is 30.8 Å². The van der Waals surface area contributed by atoms with Crippen LogP contribution in [-0.2, 0) is 14.4 Å². The minimum atomic E-state index is -0.685. The highest BCUT2D eigenvalue weighted by molar-refractivity contribution is 6.39. The third kappa shape index (κ3) is 4.96. The number of benzene rings is 1. The predicted octanol–water partition coefficient (Wildman–Crippen LogP) is 3.07. The van der Waals surface area contributed by atoms with Crippen molar-refractivity contribution in [3.8, 4) is 0 Å². The van der Waals surface area contributed by atoms with Crippen LogP contribution in [0.25, 0.3) is 0 Å². The van der Waals surface area contributed by atoms with Crippen molar-refractivity contribution in [2.24, 2.45) is 0 Å². The second-order valence-corrected chi connectivity index (χ2v) is 7.22. The molecule has 1 aliphatic heterocycles. The standard InChI is InChI=1S/C21H27N3O3/c1-15-9-10-17(14-18(15)24-13-5-8-19(24)25)23-21(27)20(26)22-12-11-16-6-3-2-4-7-16/h6,9-10,14H,2-5,7-8,11-13H2,1H3,(H,22,26)(H,23,27). The molecule has 1 saturated heterocycles. The first-order valence-electron chi connectivity index (χ1n) is 9.72. The van der Waals surface area contributed by atoms with Crippen LogP contribution in [0.2, 0.25) is 0 Å². The maximum atomic E-state index is 12.2. The summed E-state index contributed by atoms with van der Waals surface area (Å²) < 4.78 is 0. The summed E-state index contributed by atoms with van der Waals surface area (Å²) in [4.78, 5) is 37.9. The third-order valence-corrected chi connectivity index (χ3v) is 5.15. The van der Waals surface area contributed by atoms with Crippen LogP contribution in [0.5, 0.6) is 0 Å². The third-order valence-electron chi connectivity index (χ3n) is 5.15. The van der Waals surface area contributed by atoms with Gasteiger partial charge in [-0.15, -0.1) is 0 Å². The summed E-state index contributed by atoms with van der Waals surface area (Å²) in [5.74, 6) is -1.22. The van der Waals surface area contributed by atoms with E-state index in [9.17, 15) is 14.4 Å². The Hall–Kier alpha value is -2.63. The Morgan fingerprint density at radius 2 is 1.96 bits per heavy atom. The van der Waals surface area contributed by atoms with E-state index >= 15 is 0 Å². The molecule has 1 aliphatic carbocycles. The summed E-state index contributed by atoms with van der Waals surface area (Å²) in [6.45, 7) is 3.09. The fourth-order valence-electron chi connectivity index (χ4n) is 3.62. The Bertz CT molecular complexity index is 770. The lowest BCUT2D eigenvalue weighted by atomic mass is 9.97. The highest BCUT2D eigenvalue weighted by atomic mass is 16.2. The van der Waals surface area contributed by atoms with E-state index in [1.165, 1.54) is 18.4 Å². The van der Waals surface area contributed by atoms with Crippen molar-refractivity contribution in [1.82, 2.24) is 5.32 Å². The molecule has 1 heterocycles. The second kappa shape index (κ2) is 8.84.